The second kappa shape index (κ2) is 9.48. The van der Waals surface area contributed by atoms with E-state index in [0.717, 1.165) is 35.8 Å². The monoisotopic (exact) mass is 367 g/mol. The van der Waals surface area contributed by atoms with Gasteiger partial charge < -0.3 is 9.64 Å². The van der Waals surface area contributed by atoms with E-state index in [1.165, 1.54) is 11.8 Å². The van der Waals surface area contributed by atoms with Crippen LogP contribution in [0.2, 0.25) is 0 Å². The highest BCUT2D eigenvalue weighted by Gasteiger charge is 2.16. The predicted octanol–water partition coefficient (Wildman–Crippen LogP) is 1.64. The van der Waals surface area contributed by atoms with Crippen molar-refractivity contribution in [1.82, 2.24) is 15.8 Å². The topological polar surface area (TPSA) is 70.7 Å². The second-order valence-corrected chi connectivity index (χ2v) is 7.06. The van der Waals surface area contributed by atoms with Crippen LogP contribution in [0.4, 0.5) is 0 Å². The number of hydrogen-bond acceptors (Lipinski definition) is 5. The minimum absolute atomic E-state index is 0.164. The molecular formula is C16H21N3O3S2. The van der Waals surface area contributed by atoms with Gasteiger partial charge in [0.05, 0.1) is 5.75 Å². The van der Waals surface area contributed by atoms with E-state index >= 15 is 0 Å². The van der Waals surface area contributed by atoms with E-state index in [1.54, 1.807) is 12.1 Å². The van der Waals surface area contributed by atoms with E-state index in [-0.39, 0.29) is 18.3 Å². The Morgan fingerprint density at radius 3 is 2.46 bits per heavy atom. The van der Waals surface area contributed by atoms with E-state index in [1.807, 2.05) is 19.1 Å². The van der Waals surface area contributed by atoms with E-state index < -0.39 is 5.91 Å². The van der Waals surface area contributed by atoms with E-state index in [9.17, 15) is 9.59 Å². The lowest BCUT2D eigenvalue weighted by molar-refractivity contribution is -0.128. The molecular weight excluding hydrogens is 346 g/mol. The van der Waals surface area contributed by atoms with E-state index in [2.05, 4.69) is 15.8 Å². The van der Waals surface area contributed by atoms with E-state index in [0.29, 0.717) is 5.75 Å². The molecule has 2 amide bonds. The highest BCUT2D eigenvalue weighted by molar-refractivity contribution is 8.23. The van der Waals surface area contributed by atoms with Crippen molar-refractivity contribution in [2.75, 3.05) is 25.4 Å². The first-order chi connectivity index (χ1) is 11.5. The number of thiocarbonyl (C=S) groups is 1. The molecule has 1 saturated heterocycles. The summed E-state index contributed by atoms with van der Waals surface area (Å²) in [6, 6.07) is 7.37. The zero-order valence-electron chi connectivity index (χ0n) is 13.5. The molecule has 6 nitrogen and oxygen atoms in total. The van der Waals surface area contributed by atoms with Crippen LogP contribution in [-0.4, -0.2) is 46.5 Å². The van der Waals surface area contributed by atoms with Crippen molar-refractivity contribution in [3.8, 4) is 5.75 Å². The molecule has 2 rings (SSSR count). The van der Waals surface area contributed by atoms with Gasteiger partial charge in [0.2, 0.25) is 5.91 Å². The molecule has 2 N–H and O–H groups in total. The summed E-state index contributed by atoms with van der Waals surface area (Å²) < 4.78 is 6.06. The summed E-state index contributed by atoms with van der Waals surface area (Å²) in [5.74, 6) is 0.0592. The van der Waals surface area contributed by atoms with Crippen LogP contribution < -0.4 is 15.6 Å². The zero-order chi connectivity index (χ0) is 17.4. The van der Waals surface area contributed by atoms with E-state index in [4.69, 9.17) is 17.0 Å². The van der Waals surface area contributed by atoms with Crippen molar-refractivity contribution >= 4 is 40.1 Å². The van der Waals surface area contributed by atoms with Crippen LogP contribution >= 0.6 is 24.0 Å². The summed E-state index contributed by atoms with van der Waals surface area (Å²) in [5.41, 5.74) is 5.79. The van der Waals surface area contributed by atoms with Crippen molar-refractivity contribution in [1.29, 1.82) is 0 Å². The number of amides is 2. The maximum absolute atomic E-state index is 11.7. The maximum atomic E-state index is 11.7. The van der Waals surface area contributed by atoms with Crippen molar-refractivity contribution in [2.24, 2.45) is 0 Å². The number of hydrazine groups is 1. The number of rotatable bonds is 5. The molecule has 1 aliphatic rings. The third-order valence-electron chi connectivity index (χ3n) is 3.42. The van der Waals surface area contributed by atoms with Gasteiger partial charge in [0.1, 0.15) is 10.1 Å². The molecule has 0 atom stereocenters. The van der Waals surface area contributed by atoms with Gasteiger partial charge in [-0.1, -0.05) is 41.7 Å². The summed E-state index contributed by atoms with van der Waals surface area (Å²) in [5, 5.41) is 0. The lowest BCUT2D eigenvalue weighted by Gasteiger charge is -2.17. The minimum atomic E-state index is -0.420. The lowest BCUT2D eigenvalue weighted by atomic mass is 10.2. The summed E-state index contributed by atoms with van der Waals surface area (Å²) in [6.07, 6.45) is 2.29. The Kier molecular flexibility index (Phi) is 7.33. The molecule has 0 saturated carbocycles. The summed E-state index contributed by atoms with van der Waals surface area (Å²) >= 11 is 6.58. The lowest BCUT2D eigenvalue weighted by Crippen LogP contribution is -2.44. The Morgan fingerprint density at radius 1 is 1.17 bits per heavy atom. The van der Waals surface area contributed by atoms with Crippen LogP contribution in [0.5, 0.6) is 5.75 Å². The van der Waals surface area contributed by atoms with Crippen LogP contribution in [0.15, 0.2) is 24.3 Å². The molecule has 1 aliphatic heterocycles. The summed E-state index contributed by atoms with van der Waals surface area (Å²) in [6.45, 7) is 3.73. The molecule has 1 heterocycles. The fourth-order valence-corrected chi connectivity index (χ4v) is 3.16. The SMILES string of the molecule is Cc1ccc(OCC(=O)NNC(=O)CSC(=S)N2CCCC2)cc1. The fourth-order valence-electron chi connectivity index (χ4n) is 2.11. The van der Waals surface area contributed by atoms with Crippen LogP contribution in [0.1, 0.15) is 18.4 Å². The number of carbonyl (C=O) groups is 2. The summed E-state index contributed by atoms with van der Waals surface area (Å²) in [7, 11) is 0. The number of nitrogens with one attached hydrogen (secondary N) is 2. The van der Waals surface area contributed by atoms with Gasteiger partial charge in [-0.2, -0.15) is 0 Å². The maximum Gasteiger partial charge on any atom is 0.276 e. The zero-order valence-corrected chi connectivity index (χ0v) is 15.2. The highest BCUT2D eigenvalue weighted by Crippen LogP contribution is 2.15. The number of ether oxygens (including phenoxy) is 1. The number of carbonyl (C=O) groups excluding carboxylic acids is 2. The molecule has 1 aromatic carbocycles. The van der Waals surface area contributed by atoms with Crippen LogP contribution in [0.3, 0.4) is 0 Å². The third kappa shape index (κ3) is 6.37. The van der Waals surface area contributed by atoms with Gasteiger partial charge >= 0.3 is 0 Å². The molecule has 0 bridgehead atoms. The Labute approximate surface area is 151 Å². The summed E-state index contributed by atoms with van der Waals surface area (Å²) in [4.78, 5) is 25.5. The number of likely N-dealkylation sites (tertiary alicyclic amines) is 1. The first kappa shape index (κ1) is 18.5. The fraction of sp³-hybridized carbons (Fsp3) is 0.438. The first-order valence-electron chi connectivity index (χ1n) is 7.73. The van der Waals surface area contributed by atoms with Crippen molar-refractivity contribution in [3.05, 3.63) is 29.8 Å². The smallest absolute Gasteiger partial charge is 0.276 e. The van der Waals surface area contributed by atoms with Gasteiger partial charge in [-0.3, -0.25) is 20.4 Å². The normalized spacial score (nSPS) is 13.5. The molecule has 130 valence electrons. The van der Waals surface area contributed by atoms with Gasteiger partial charge in [-0.25, -0.2) is 0 Å². The quantitative estimate of drug-likeness (QED) is 0.609. The third-order valence-corrected chi connectivity index (χ3v) is 4.95. The number of benzene rings is 1. The standard InChI is InChI=1S/C16H21N3O3S2/c1-12-4-6-13(7-5-12)22-10-14(20)17-18-15(21)11-24-16(23)19-8-2-3-9-19/h4-7H,2-3,8-11H2,1H3,(H,17,20)(H,18,21). The molecule has 1 fully saturated rings. The number of aryl methyl sites for hydroxylation is 1. The Bertz CT molecular complexity index is 587. The average Bonchev–Trinajstić information content (AvgIpc) is 3.12. The Morgan fingerprint density at radius 2 is 1.79 bits per heavy atom. The Hall–Kier alpha value is -1.80. The van der Waals surface area contributed by atoms with Gasteiger partial charge in [0, 0.05) is 13.1 Å². The number of nitrogens with zero attached hydrogens (tertiary/aromatic N) is 1. The molecule has 0 spiro atoms. The predicted molar refractivity (Wildman–Crippen MR) is 98.8 cm³/mol. The van der Waals surface area contributed by atoms with Gasteiger partial charge in [0.15, 0.2) is 6.61 Å². The van der Waals surface area contributed by atoms with Gasteiger partial charge in [-0.05, 0) is 31.9 Å². The molecule has 1 aromatic rings. The largest absolute Gasteiger partial charge is 0.484 e. The molecule has 24 heavy (non-hydrogen) atoms. The number of hydrogen-bond donors (Lipinski definition) is 2. The molecule has 0 aliphatic carbocycles. The van der Waals surface area contributed by atoms with Crippen molar-refractivity contribution < 1.29 is 14.3 Å². The second-order valence-electron chi connectivity index (χ2n) is 5.45. The first-order valence-corrected chi connectivity index (χ1v) is 9.13. The van der Waals surface area contributed by atoms with Crippen LogP contribution in [0.25, 0.3) is 0 Å². The minimum Gasteiger partial charge on any atom is -0.484 e. The van der Waals surface area contributed by atoms with Crippen LogP contribution in [-0.2, 0) is 9.59 Å². The Balaban J connectivity index is 1.59. The van der Waals surface area contributed by atoms with Crippen molar-refractivity contribution in [2.45, 2.75) is 19.8 Å². The molecule has 8 heteroatoms. The highest BCUT2D eigenvalue weighted by atomic mass is 32.2. The van der Waals surface area contributed by atoms with Crippen molar-refractivity contribution in [3.63, 3.8) is 0 Å². The molecule has 0 unspecified atom stereocenters. The molecule has 0 aromatic heterocycles. The van der Waals surface area contributed by atoms with Crippen LogP contribution in [0, 0.1) is 6.92 Å². The van der Waals surface area contributed by atoms with Gasteiger partial charge in [-0.15, -0.1) is 0 Å². The number of thioether (sulfide) groups is 1. The molecule has 0 radical (unpaired) electrons. The average molecular weight is 367 g/mol. The van der Waals surface area contributed by atoms with Gasteiger partial charge in [0.25, 0.3) is 5.91 Å².